The van der Waals surface area contributed by atoms with Crippen molar-refractivity contribution >= 4 is 28.2 Å². The van der Waals surface area contributed by atoms with Crippen LogP contribution in [-0.2, 0) is 6.61 Å². The lowest BCUT2D eigenvalue weighted by molar-refractivity contribution is 0.294. The van der Waals surface area contributed by atoms with Gasteiger partial charge in [-0.1, -0.05) is 18.2 Å². The molecule has 4 aromatic rings. The van der Waals surface area contributed by atoms with E-state index >= 15 is 0 Å². The molecule has 2 N–H and O–H groups in total. The van der Waals surface area contributed by atoms with E-state index in [-0.39, 0.29) is 5.95 Å². The molecule has 0 radical (unpaired) electrons. The van der Waals surface area contributed by atoms with E-state index in [0.29, 0.717) is 12.5 Å². The maximum atomic E-state index is 5.90. The Bertz CT molecular complexity index is 1060. The first-order chi connectivity index (χ1) is 12.6. The molecule has 0 spiro atoms. The molecule has 0 saturated heterocycles. The quantitative estimate of drug-likeness (QED) is 0.577. The Labute approximate surface area is 155 Å². The number of anilines is 1. The predicted molar refractivity (Wildman–Crippen MR) is 105 cm³/mol. The van der Waals surface area contributed by atoms with Crippen LogP contribution in [0.1, 0.15) is 16.8 Å². The van der Waals surface area contributed by atoms with Crippen LogP contribution in [0, 0.1) is 13.8 Å². The zero-order valence-electron chi connectivity index (χ0n) is 14.6. The molecule has 0 atom stereocenters. The van der Waals surface area contributed by atoms with Crippen LogP contribution in [0.15, 0.2) is 47.2 Å². The number of thiophene rings is 1. The first-order valence-electron chi connectivity index (χ1n) is 8.26. The van der Waals surface area contributed by atoms with Crippen molar-refractivity contribution in [3.8, 4) is 17.1 Å². The van der Waals surface area contributed by atoms with E-state index in [4.69, 9.17) is 15.5 Å². The first kappa shape index (κ1) is 16.5. The maximum Gasteiger partial charge on any atom is 0.223 e. The van der Waals surface area contributed by atoms with Crippen LogP contribution >= 0.6 is 11.3 Å². The fraction of sp³-hybridized carbons (Fsp3) is 0.150. The molecule has 0 aliphatic heterocycles. The SMILES string of the molecule is Cc1cc(OCc2cc3cccc(C)c3nc2-c2ccsc2)nc(N)n1. The van der Waals surface area contributed by atoms with E-state index in [9.17, 15) is 0 Å². The van der Waals surface area contributed by atoms with Crippen molar-refractivity contribution in [3.05, 3.63) is 64.0 Å². The topological polar surface area (TPSA) is 73.9 Å². The minimum absolute atomic E-state index is 0.213. The molecule has 1 aromatic carbocycles. The zero-order valence-corrected chi connectivity index (χ0v) is 15.4. The molecule has 0 unspecified atom stereocenters. The summed E-state index contributed by atoms with van der Waals surface area (Å²) in [7, 11) is 0. The summed E-state index contributed by atoms with van der Waals surface area (Å²) >= 11 is 1.65. The minimum Gasteiger partial charge on any atom is -0.473 e. The molecule has 0 fully saturated rings. The van der Waals surface area contributed by atoms with Crippen LogP contribution in [-0.4, -0.2) is 15.0 Å². The largest absolute Gasteiger partial charge is 0.473 e. The number of nitrogen functional groups attached to an aromatic ring is 1. The molecule has 130 valence electrons. The van der Waals surface area contributed by atoms with Crippen LogP contribution in [0.3, 0.4) is 0 Å². The summed E-state index contributed by atoms with van der Waals surface area (Å²) in [6.07, 6.45) is 0. The Hall–Kier alpha value is -2.99. The fourth-order valence-electron chi connectivity index (χ4n) is 2.94. The van der Waals surface area contributed by atoms with Crippen molar-refractivity contribution in [2.45, 2.75) is 20.5 Å². The minimum atomic E-state index is 0.213. The highest BCUT2D eigenvalue weighted by Gasteiger charge is 2.12. The molecule has 0 saturated carbocycles. The van der Waals surface area contributed by atoms with Gasteiger partial charge in [0.05, 0.1) is 11.2 Å². The van der Waals surface area contributed by atoms with Gasteiger partial charge in [-0.3, -0.25) is 0 Å². The summed E-state index contributed by atoms with van der Waals surface area (Å²) in [5.41, 5.74) is 11.7. The number of para-hydroxylation sites is 1. The van der Waals surface area contributed by atoms with Gasteiger partial charge in [-0.25, -0.2) is 9.97 Å². The van der Waals surface area contributed by atoms with Crippen molar-refractivity contribution in [2.24, 2.45) is 0 Å². The molecule has 0 amide bonds. The molecule has 5 nitrogen and oxygen atoms in total. The third-order valence-corrected chi connectivity index (χ3v) is 4.83. The van der Waals surface area contributed by atoms with E-state index in [2.05, 4.69) is 51.9 Å². The van der Waals surface area contributed by atoms with E-state index in [1.54, 1.807) is 17.4 Å². The predicted octanol–water partition coefficient (Wildman–Crippen LogP) is 4.53. The van der Waals surface area contributed by atoms with Crippen LogP contribution in [0.4, 0.5) is 5.95 Å². The third kappa shape index (κ3) is 3.23. The second-order valence-corrected chi connectivity index (χ2v) is 6.93. The highest BCUT2D eigenvalue weighted by molar-refractivity contribution is 7.08. The third-order valence-electron chi connectivity index (χ3n) is 4.14. The number of benzene rings is 1. The highest BCUT2D eigenvalue weighted by atomic mass is 32.1. The van der Waals surface area contributed by atoms with E-state index < -0.39 is 0 Å². The molecule has 3 aromatic heterocycles. The molecular formula is C20H18N4OS. The second kappa shape index (κ2) is 6.72. The van der Waals surface area contributed by atoms with Gasteiger partial charge in [0.25, 0.3) is 0 Å². The molecule has 4 rings (SSSR count). The maximum absolute atomic E-state index is 5.90. The molecular weight excluding hydrogens is 344 g/mol. The van der Waals surface area contributed by atoms with Crippen LogP contribution in [0.2, 0.25) is 0 Å². The van der Waals surface area contributed by atoms with Gasteiger partial charge in [0.2, 0.25) is 11.8 Å². The Morgan fingerprint density at radius 1 is 1.08 bits per heavy atom. The number of rotatable bonds is 4. The summed E-state index contributed by atoms with van der Waals surface area (Å²) in [6.45, 7) is 4.30. The summed E-state index contributed by atoms with van der Waals surface area (Å²) < 4.78 is 5.90. The van der Waals surface area contributed by atoms with Crippen molar-refractivity contribution in [2.75, 3.05) is 5.73 Å². The number of fused-ring (bicyclic) bond motifs is 1. The van der Waals surface area contributed by atoms with Crippen LogP contribution in [0.25, 0.3) is 22.2 Å². The lowest BCUT2D eigenvalue weighted by Crippen LogP contribution is -2.04. The summed E-state index contributed by atoms with van der Waals surface area (Å²) in [5.74, 6) is 0.681. The fourth-order valence-corrected chi connectivity index (χ4v) is 3.58. The lowest BCUT2D eigenvalue weighted by Gasteiger charge is -2.12. The van der Waals surface area contributed by atoms with Gasteiger partial charge < -0.3 is 10.5 Å². The summed E-state index contributed by atoms with van der Waals surface area (Å²) in [5, 5.41) is 5.25. The number of pyridine rings is 1. The Morgan fingerprint density at radius 3 is 2.73 bits per heavy atom. The zero-order chi connectivity index (χ0) is 18.1. The average molecular weight is 362 g/mol. The molecule has 0 bridgehead atoms. The number of nitrogens with two attached hydrogens (primary N) is 1. The van der Waals surface area contributed by atoms with E-state index in [0.717, 1.165) is 39.0 Å². The number of nitrogens with zero attached hydrogens (tertiary/aromatic N) is 3. The van der Waals surface area contributed by atoms with Crippen molar-refractivity contribution < 1.29 is 4.74 Å². The molecule has 0 aliphatic rings. The summed E-state index contributed by atoms with van der Waals surface area (Å²) in [4.78, 5) is 13.2. The first-order valence-corrected chi connectivity index (χ1v) is 9.20. The standard InChI is InChI=1S/C20H18N4OS/c1-12-4-3-5-14-9-16(10-25-17-8-13(2)22-20(21)23-17)19(24-18(12)14)15-6-7-26-11-15/h3-9,11H,10H2,1-2H3,(H2,21,22,23). The van der Waals surface area contributed by atoms with Crippen molar-refractivity contribution in [1.29, 1.82) is 0 Å². The Balaban J connectivity index is 1.76. The molecule has 6 heteroatoms. The second-order valence-electron chi connectivity index (χ2n) is 6.15. The smallest absolute Gasteiger partial charge is 0.223 e. The van der Waals surface area contributed by atoms with Gasteiger partial charge in [0, 0.05) is 33.7 Å². The normalized spacial score (nSPS) is 11.0. The number of aryl methyl sites for hydroxylation is 2. The monoisotopic (exact) mass is 362 g/mol. The summed E-state index contributed by atoms with van der Waals surface area (Å²) in [6, 6.07) is 12.2. The number of aromatic nitrogens is 3. The van der Waals surface area contributed by atoms with Crippen LogP contribution < -0.4 is 10.5 Å². The Kier molecular flexibility index (Phi) is 4.26. The number of hydrogen-bond donors (Lipinski definition) is 1. The van der Waals surface area contributed by atoms with Gasteiger partial charge >= 0.3 is 0 Å². The molecule has 26 heavy (non-hydrogen) atoms. The Morgan fingerprint density at radius 2 is 1.96 bits per heavy atom. The van der Waals surface area contributed by atoms with Gasteiger partial charge in [-0.15, -0.1) is 0 Å². The average Bonchev–Trinajstić information content (AvgIpc) is 3.13. The number of hydrogen-bond acceptors (Lipinski definition) is 6. The van der Waals surface area contributed by atoms with Gasteiger partial charge in [0.15, 0.2) is 0 Å². The molecule has 3 heterocycles. The molecule has 0 aliphatic carbocycles. The van der Waals surface area contributed by atoms with Crippen molar-refractivity contribution in [1.82, 2.24) is 15.0 Å². The highest BCUT2D eigenvalue weighted by Crippen LogP contribution is 2.29. The van der Waals surface area contributed by atoms with Gasteiger partial charge in [0.1, 0.15) is 6.61 Å². The van der Waals surface area contributed by atoms with Gasteiger partial charge in [-0.2, -0.15) is 16.3 Å². The lowest BCUT2D eigenvalue weighted by atomic mass is 10.0. The van der Waals surface area contributed by atoms with Crippen molar-refractivity contribution in [3.63, 3.8) is 0 Å². The van der Waals surface area contributed by atoms with Crippen LogP contribution in [0.5, 0.6) is 5.88 Å². The van der Waals surface area contributed by atoms with Gasteiger partial charge in [-0.05, 0) is 36.9 Å². The number of ether oxygens (including phenoxy) is 1. The van der Waals surface area contributed by atoms with E-state index in [1.807, 2.05) is 13.0 Å². The van der Waals surface area contributed by atoms with E-state index in [1.165, 1.54) is 0 Å².